The highest BCUT2D eigenvalue weighted by Crippen LogP contribution is 2.35. The Morgan fingerprint density at radius 3 is 2.83 bits per heavy atom. The Balaban J connectivity index is 1.15. The number of hydrogen-bond donors (Lipinski definition) is 2. The molecule has 2 atom stereocenters. The lowest BCUT2D eigenvalue weighted by Crippen LogP contribution is -2.46. The van der Waals surface area contributed by atoms with Crippen molar-refractivity contribution in [2.45, 2.75) is 31.2 Å². The highest BCUT2D eigenvalue weighted by Gasteiger charge is 2.24. The molecule has 1 aliphatic heterocycles. The molecule has 36 heavy (non-hydrogen) atoms. The summed E-state index contributed by atoms with van der Waals surface area (Å²) in [6, 6.07) is 25.8. The van der Waals surface area contributed by atoms with Gasteiger partial charge in [0.25, 0.3) is 0 Å². The Kier molecular flexibility index (Phi) is 8.39. The summed E-state index contributed by atoms with van der Waals surface area (Å²) in [5, 5.41) is 11.4. The summed E-state index contributed by atoms with van der Waals surface area (Å²) >= 11 is 1.79. The molecule has 5 rings (SSSR count). The van der Waals surface area contributed by atoms with E-state index in [1.54, 1.807) is 11.3 Å². The SMILES string of the molecule is O=C(CCCN1CCNCC1c1ccccn1)NCCC(c1cccs1)c1cccc2ccccc12. The van der Waals surface area contributed by atoms with Gasteiger partial charge < -0.3 is 10.6 Å². The van der Waals surface area contributed by atoms with Crippen molar-refractivity contribution in [3.05, 3.63) is 101 Å². The van der Waals surface area contributed by atoms with E-state index in [9.17, 15) is 4.79 Å². The van der Waals surface area contributed by atoms with Crippen LogP contribution in [0.2, 0.25) is 0 Å². The molecule has 0 radical (unpaired) electrons. The van der Waals surface area contributed by atoms with Gasteiger partial charge in [-0.25, -0.2) is 0 Å². The van der Waals surface area contributed by atoms with E-state index in [4.69, 9.17) is 0 Å². The standard InChI is InChI=1S/C30H34N4OS/c35-30(14-6-19-34-20-18-31-22-28(34)27-12-3-4-16-32-27)33-17-15-26(29-13-7-21-36-29)25-11-5-9-23-8-1-2-10-24(23)25/h1-5,7-13,16,21,26,28,31H,6,14-15,17-20,22H2,(H,33,35). The molecule has 0 aliphatic carbocycles. The molecule has 2 N–H and O–H groups in total. The van der Waals surface area contributed by atoms with E-state index < -0.39 is 0 Å². The second kappa shape index (κ2) is 12.3. The number of hydrogen-bond acceptors (Lipinski definition) is 5. The van der Waals surface area contributed by atoms with Gasteiger partial charge in [0, 0.05) is 49.6 Å². The molecule has 1 saturated heterocycles. The summed E-state index contributed by atoms with van der Waals surface area (Å²) in [4.78, 5) is 21.1. The van der Waals surface area contributed by atoms with Crippen LogP contribution in [0.4, 0.5) is 0 Å². The second-order valence-electron chi connectivity index (χ2n) is 9.39. The van der Waals surface area contributed by atoms with E-state index in [0.717, 1.165) is 44.7 Å². The van der Waals surface area contributed by atoms with Crippen molar-refractivity contribution in [2.75, 3.05) is 32.7 Å². The smallest absolute Gasteiger partial charge is 0.220 e. The summed E-state index contributed by atoms with van der Waals surface area (Å²) in [6.07, 6.45) is 4.15. The lowest BCUT2D eigenvalue weighted by Gasteiger charge is -2.35. The molecule has 0 bridgehead atoms. The molecule has 4 aromatic rings. The van der Waals surface area contributed by atoms with Crippen LogP contribution in [0.1, 0.15) is 47.4 Å². The molecule has 186 valence electrons. The van der Waals surface area contributed by atoms with Crippen LogP contribution in [0.15, 0.2) is 84.4 Å². The zero-order valence-corrected chi connectivity index (χ0v) is 21.4. The van der Waals surface area contributed by atoms with E-state index in [1.165, 1.54) is 21.2 Å². The number of amides is 1. The molecule has 2 aromatic heterocycles. The van der Waals surface area contributed by atoms with Gasteiger partial charge in [-0.05, 0) is 59.3 Å². The summed E-state index contributed by atoms with van der Waals surface area (Å²) in [7, 11) is 0. The fourth-order valence-electron chi connectivity index (χ4n) is 5.26. The minimum Gasteiger partial charge on any atom is -0.356 e. The van der Waals surface area contributed by atoms with Crippen molar-refractivity contribution in [3.63, 3.8) is 0 Å². The minimum atomic E-state index is 0.141. The summed E-state index contributed by atoms with van der Waals surface area (Å²) < 4.78 is 0. The average molecular weight is 499 g/mol. The van der Waals surface area contributed by atoms with E-state index in [0.29, 0.717) is 13.0 Å². The molecule has 5 nitrogen and oxygen atoms in total. The molecular formula is C30H34N4OS. The van der Waals surface area contributed by atoms with E-state index in [2.05, 4.69) is 86.6 Å². The maximum absolute atomic E-state index is 12.7. The first-order valence-electron chi connectivity index (χ1n) is 12.9. The van der Waals surface area contributed by atoms with Crippen LogP contribution < -0.4 is 10.6 Å². The molecule has 2 unspecified atom stereocenters. The number of rotatable bonds is 10. The third kappa shape index (κ3) is 6.01. The van der Waals surface area contributed by atoms with Gasteiger partial charge in [0.15, 0.2) is 0 Å². The van der Waals surface area contributed by atoms with E-state index in [-0.39, 0.29) is 17.9 Å². The van der Waals surface area contributed by atoms with Gasteiger partial charge in [-0.2, -0.15) is 0 Å². The zero-order valence-electron chi connectivity index (χ0n) is 20.6. The van der Waals surface area contributed by atoms with Crippen LogP contribution in [0.5, 0.6) is 0 Å². The van der Waals surface area contributed by atoms with Gasteiger partial charge in [0.2, 0.25) is 5.91 Å². The van der Waals surface area contributed by atoms with Gasteiger partial charge in [0.05, 0.1) is 11.7 Å². The van der Waals surface area contributed by atoms with Crippen molar-refractivity contribution >= 4 is 28.0 Å². The third-order valence-electron chi connectivity index (χ3n) is 7.07. The topological polar surface area (TPSA) is 57.3 Å². The van der Waals surface area contributed by atoms with Gasteiger partial charge in [-0.15, -0.1) is 11.3 Å². The molecule has 0 saturated carbocycles. The van der Waals surface area contributed by atoms with Gasteiger partial charge in [-0.1, -0.05) is 54.6 Å². The number of nitrogens with one attached hydrogen (secondary N) is 2. The summed E-state index contributed by atoms with van der Waals surface area (Å²) in [5.74, 6) is 0.416. The summed E-state index contributed by atoms with van der Waals surface area (Å²) in [5.41, 5.74) is 2.44. The van der Waals surface area contributed by atoms with Crippen LogP contribution in [0.3, 0.4) is 0 Å². The van der Waals surface area contributed by atoms with Crippen LogP contribution >= 0.6 is 11.3 Å². The molecule has 1 amide bonds. The number of pyridine rings is 1. The van der Waals surface area contributed by atoms with Crippen LogP contribution in [-0.4, -0.2) is 48.5 Å². The largest absolute Gasteiger partial charge is 0.356 e. The van der Waals surface area contributed by atoms with E-state index >= 15 is 0 Å². The molecule has 0 spiro atoms. The number of piperazine rings is 1. The van der Waals surface area contributed by atoms with Crippen molar-refractivity contribution in [1.29, 1.82) is 0 Å². The summed E-state index contributed by atoms with van der Waals surface area (Å²) in [6.45, 7) is 4.45. The number of carbonyl (C=O) groups excluding carboxylic acids is 1. The number of benzene rings is 2. The quantitative estimate of drug-likeness (QED) is 0.309. The first-order valence-corrected chi connectivity index (χ1v) is 13.8. The first-order chi connectivity index (χ1) is 17.8. The lowest BCUT2D eigenvalue weighted by molar-refractivity contribution is -0.121. The van der Waals surface area contributed by atoms with Crippen molar-refractivity contribution < 1.29 is 4.79 Å². The Morgan fingerprint density at radius 2 is 1.97 bits per heavy atom. The van der Waals surface area contributed by atoms with Gasteiger partial charge >= 0.3 is 0 Å². The molecule has 2 aromatic carbocycles. The maximum Gasteiger partial charge on any atom is 0.220 e. The third-order valence-corrected chi connectivity index (χ3v) is 8.06. The predicted octanol–water partition coefficient (Wildman–Crippen LogP) is 5.36. The Bertz CT molecular complexity index is 1240. The fourth-order valence-corrected chi connectivity index (χ4v) is 6.14. The second-order valence-corrected chi connectivity index (χ2v) is 10.4. The number of aromatic nitrogens is 1. The number of carbonyl (C=O) groups is 1. The molecule has 1 aliphatic rings. The Labute approximate surface area is 217 Å². The fraction of sp³-hybridized carbons (Fsp3) is 0.333. The molecular weight excluding hydrogens is 464 g/mol. The normalized spacial score (nSPS) is 17.2. The van der Waals surface area contributed by atoms with Crippen LogP contribution in [0.25, 0.3) is 10.8 Å². The van der Waals surface area contributed by atoms with Crippen molar-refractivity contribution in [1.82, 2.24) is 20.5 Å². The monoisotopic (exact) mass is 498 g/mol. The number of thiophene rings is 1. The number of nitrogens with zero attached hydrogens (tertiary/aromatic N) is 2. The maximum atomic E-state index is 12.7. The van der Waals surface area contributed by atoms with Crippen molar-refractivity contribution in [2.24, 2.45) is 0 Å². The molecule has 6 heteroatoms. The average Bonchev–Trinajstić information content (AvgIpc) is 3.46. The van der Waals surface area contributed by atoms with Crippen LogP contribution in [-0.2, 0) is 4.79 Å². The van der Waals surface area contributed by atoms with Gasteiger partial charge in [0.1, 0.15) is 0 Å². The Morgan fingerprint density at radius 1 is 1.08 bits per heavy atom. The number of fused-ring (bicyclic) bond motifs is 1. The molecule has 3 heterocycles. The van der Waals surface area contributed by atoms with Gasteiger partial charge in [-0.3, -0.25) is 14.7 Å². The highest BCUT2D eigenvalue weighted by molar-refractivity contribution is 7.10. The Hall–Kier alpha value is -3.06. The van der Waals surface area contributed by atoms with E-state index in [1.807, 2.05) is 18.3 Å². The minimum absolute atomic E-state index is 0.141. The lowest BCUT2D eigenvalue weighted by atomic mass is 9.90. The molecule has 1 fully saturated rings. The predicted molar refractivity (Wildman–Crippen MR) is 148 cm³/mol. The van der Waals surface area contributed by atoms with Crippen molar-refractivity contribution in [3.8, 4) is 0 Å². The highest BCUT2D eigenvalue weighted by atomic mass is 32.1. The van der Waals surface area contributed by atoms with Crippen LogP contribution in [0, 0.1) is 0 Å². The zero-order chi connectivity index (χ0) is 24.6. The first kappa shape index (κ1) is 24.6.